The van der Waals surface area contributed by atoms with Crippen molar-refractivity contribution in [1.29, 1.82) is 0 Å². The number of furan rings is 1. The molecule has 0 saturated carbocycles. The van der Waals surface area contributed by atoms with Crippen LogP contribution in [0.5, 0.6) is 11.5 Å². The van der Waals surface area contributed by atoms with Crippen LogP contribution in [0, 0.1) is 0 Å². The molecule has 2 atom stereocenters. The van der Waals surface area contributed by atoms with E-state index < -0.39 is 12.2 Å². The number of hydrogen-bond acceptors (Lipinski definition) is 5. The average Bonchev–Trinajstić information content (AvgIpc) is 3.27. The Morgan fingerprint density at radius 1 is 1.00 bits per heavy atom. The summed E-state index contributed by atoms with van der Waals surface area (Å²) in [5.41, 5.74) is 4.50. The van der Waals surface area contributed by atoms with Crippen LogP contribution >= 0.6 is 0 Å². The van der Waals surface area contributed by atoms with Gasteiger partial charge in [0.05, 0.1) is 12.4 Å². The van der Waals surface area contributed by atoms with Gasteiger partial charge in [-0.1, -0.05) is 30.3 Å². The Morgan fingerprint density at radius 2 is 1.83 bits per heavy atom. The molecule has 0 radical (unpaired) electrons. The van der Waals surface area contributed by atoms with Crippen molar-refractivity contribution in [3.05, 3.63) is 102 Å². The van der Waals surface area contributed by atoms with Crippen LogP contribution in [0.15, 0.2) is 94.8 Å². The first-order valence-electron chi connectivity index (χ1n) is 9.41. The Balaban J connectivity index is 1.70. The number of phenols is 1. The summed E-state index contributed by atoms with van der Waals surface area (Å²) in [5.74, 6) is 1.31. The van der Waals surface area contributed by atoms with E-state index >= 15 is 0 Å². The molecule has 5 nitrogen and oxygen atoms in total. The van der Waals surface area contributed by atoms with E-state index in [1.165, 1.54) is 12.3 Å². The third-order valence-corrected chi connectivity index (χ3v) is 4.37. The van der Waals surface area contributed by atoms with Gasteiger partial charge in [0, 0.05) is 18.4 Å². The van der Waals surface area contributed by atoms with E-state index in [1.54, 1.807) is 36.4 Å². The van der Waals surface area contributed by atoms with Crippen molar-refractivity contribution in [2.24, 2.45) is 0 Å². The average molecular weight is 392 g/mol. The van der Waals surface area contributed by atoms with Gasteiger partial charge in [0.1, 0.15) is 30.0 Å². The van der Waals surface area contributed by atoms with Crippen molar-refractivity contribution in [3.63, 3.8) is 0 Å². The SMILES string of the molecule is Oc1cccc([C@H](O)CC=C=C(COc2ccccc2)C[C@@H](O)c2ccco2)c1. The lowest BCUT2D eigenvalue weighted by molar-refractivity contribution is 0.146. The molecular weight excluding hydrogens is 368 g/mol. The van der Waals surface area contributed by atoms with E-state index in [4.69, 9.17) is 9.15 Å². The summed E-state index contributed by atoms with van der Waals surface area (Å²) in [7, 11) is 0. The topological polar surface area (TPSA) is 83.1 Å². The number of hydrogen-bond donors (Lipinski definition) is 3. The van der Waals surface area contributed by atoms with Gasteiger partial charge in [0.25, 0.3) is 0 Å². The van der Waals surface area contributed by atoms with Gasteiger partial charge >= 0.3 is 0 Å². The number of aromatic hydroxyl groups is 1. The van der Waals surface area contributed by atoms with E-state index in [2.05, 4.69) is 5.73 Å². The molecule has 0 spiro atoms. The van der Waals surface area contributed by atoms with Gasteiger partial charge in [-0.15, -0.1) is 5.73 Å². The third-order valence-electron chi connectivity index (χ3n) is 4.37. The van der Waals surface area contributed by atoms with Crippen molar-refractivity contribution in [2.45, 2.75) is 25.0 Å². The minimum absolute atomic E-state index is 0.111. The van der Waals surface area contributed by atoms with Crippen LogP contribution in [0.25, 0.3) is 0 Å². The summed E-state index contributed by atoms with van der Waals surface area (Å²) in [6, 6.07) is 19.4. The molecule has 0 saturated heterocycles. The first kappa shape index (κ1) is 20.5. The van der Waals surface area contributed by atoms with Gasteiger partial charge in [0.2, 0.25) is 0 Å². The minimum atomic E-state index is -0.809. The van der Waals surface area contributed by atoms with Crippen molar-refractivity contribution in [3.8, 4) is 11.5 Å². The summed E-state index contributed by atoms with van der Waals surface area (Å²) in [6.45, 7) is 0.250. The van der Waals surface area contributed by atoms with Crippen LogP contribution in [0.4, 0.5) is 0 Å². The van der Waals surface area contributed by atoms with Crippen molar-refractivity contribution < 1.29 is 24.5 Å². The Hall–Kier alpha value is -3.24. The molecule has 3 N–H and O–H groups in total. The van der Waals surface area contributed by atoms with Crippen LogP contribution in [-0.4, -0.2) is 21.9 Å². The lowest BCUT2D eigenvalue weighted by Crippen LogP contribution is -2.05. The van der Waals surface area contributed by atoms with Crippen LogP contribution < -0.4 is 4.74 Å². The number of aliphatic hydroxyl groups excluding tert-OH is 2. The van der Waals surface area contributed by atoms with Crippen LogP contribution in [0.2, 0.25) is 0 Å². The van der Waals surface area contributed by atoms with Gasteiger partial charge in [-0.05, 0) is 48.0 Å². The molecule has 1 heterocycles. The molecular formula is C24H24O5. The van der Waals surface area contributed by atoms with Crippen LogP contribution in [0.3, 0.4) is 0 Å². The van der Waals surface area contributed by atoms with Crippen LogP contribution in [0.1, 0.15) is 36.4 Å². The van der Waals surface area contributed by atoms with Gasteiger partial charge < -0.3 is 24.5 Å². The molecule has 0 fully saturated rings. The molecule has 0 aliphatic carbocycles. The quantitative estimate of drug-likeness (QED) is 0.460. The smallest absolute Gasteiger partial charge is 0.132 e. The highest BCUT2D eigenvalue weighted by Crippen LogP contribution is 2.23. The van der Waals surface area contributed by atoms with E-state index in [9.17, 15) is 15.3 Å². The van der Waals surface area contributed by atoms with Crippen LogP contribution in [-0.2, 0) is 0 Å². The number of rotatable bonds is 9. The van der Waals surface area contributed by atoms with Gasteiger partial charge in [-0.3, -0.25) is 0 Å². The second kappa shape index (κ2) is 10.3. The maximum atomic E-state index is 10.4. The van der Waals surface area contributed by atoms with Gasteiger partial charge in [-0.25, -0.2) is 0 Å². The maximum Gasteiger partial charge on any atom is 0.132 e. The fraction of sp³-hybridized carbons (Fsp3) is 0.208. The van der Waals surface area contributed by atoms with Crippen molar-refractivity contribution in [2.75, 3.05) is 6.61 Å². The Morgan fingerprint density at radius 3 is 2.55 bits per heavy atom. The zero-order valence-electron chi connectivity index (χ0n) is 15.9. The molecule has 5 heteroatoms. The second-order valence-corrected chi connectivity index (χ2v) is 6.64. The minimum Gasteiger partial charge on any atom is -0.508 e. The highest BCUT2D eigenvalue weighted by atomic mass is 16.5. The fourth-order valence-electron chi connectivity index (χ4n) is 2.84. The second-order valence-electron chi connectivity index (χ2n) is 6.64. The number of ether oxygens (including phenoxy) is 1. The normalized spacial score (nSPS) is 12.6. The lowest BCUT2D eigenvalue weighted by atomic mass is 10.0. The first-order chi connectivity index (χ1) is 14.1. The summed E-state index contributed by atoms with van der Waals surface area (Å²) in [5, 5.41) is 30.3. The Labute approximate surface area is 169 Å². The molecule has 2 aromatic carbocycles. The largest absolute Gasteiger partial charge is 0.508 e. The standard InChI is InChI=1S/C24H24O5/c25-20-9-5-8-19(16-20)22(26)12-4-7-18(15-23(27)24-13-6-14-28-24)17-29-21-10-2-1-3-11-21/h1-6,8-11,13-14,16,22-23,25-27H,12,15,17H2/t7?,22-,23-/m1/s1. The maximum absolute atomic E-state index is 10.4. The van der Waals surface area contributed by atoms with Crippen molar-refractivity contribution in [1.82, 2.24) is 0 Å². The molecule has 3 aromatic rings. The molecule has 0 amide bonds. The van der Waals surface area contributed by atoms with E-state index in [0.29, 0.717) is 24.2 Å². The summed E-state index contributed by atoms with van der Waals surface area (Å²) in [4.78, 5) is 0. The molecule has 3 rings (SSSR count). The summed E-state index contributed by atoms with van der Waals surface area (Å²) < 4.78 is 11.1. The Kier molecular flexibility index (Phi) is 7.31. The third kappa shape index (κ3) is 6.40. The number of aliphatic hydroxyl groups is 2. The highest BCUT2D eigenvalue weighted by molar-refractivity contribution is 5.29. The van der Waals surface area contributed by atoms with E-state index in [0.717, 1.165) is 11.3 Å². The molecule has 0 bridgehead atoms. The number of benzene rings is 2. The number of phenolic OH excluding ortho intramolecular Hbond substituents is 1. The van der Waals surface area contributed by atoms with E-state index in [-0.39, 0.29) is 12.4 Å². The molecule has 29 heavy (non-hydrogen) atoms. The van der Waals surface area contributed by atoms with E-state index in [1.807, 2.05) is 30.3 Å². The Bertz CT molecular complexity index is 940. The molecule has 150 valence electrons. The summed E-state index contributed by atoms with van der Waals surface area (Å²) >= 11 is 0. The molecule has 0 aliphatic heterocycles. The fourth-order valence-corrected chi connectivity index (χ4v) is 2.84. The zero-order valence-corrected chi connectivity index (χ0v) is 15.9. The van der Waals surface area contributed by atoms with Crippen molar-refractivity contribution >= 4 is 0 Å². The monoisotopic (exact) mass is 392 g/mol. The predicted octanol–water partition coefficient (Wildman–Crippen LogP) is 4.69. The van der Waals surface area contributed by atoms with Gasteiger partial charge in [-0.2, -0.15) is 0 Å². The molecule has 0 aliphatic rings. The molecule has 1 aromatic heterocycles. The molecule has 0 unspecified atom stereocenters. The predicted molar refractivity (Wildman–Crippen MR) is 110 cm³/mol. The first-order valence-corrected chi connectivity index (χ1v) is 9.41. The zero-order chi connectivity index (χ0) is 20.5. The summed E-state index contributed by atoms with van der Waals surface area (Å²) in [6.07, 6.45) is 2.27. The van der Waals surface area contributed by atoms with Gasteiger partial charge in [0.15, 0.2) is 0 Å². The highest BCUT2D eigenvalue weighted by Gasteiger charge is 2.13. The number of para-hydroxylation sites is 1. The lowest BCUT2D eigenvalue weighted by Gasteiger charge is -2.12.